The molecule has 0 aliphatic carbocycles. The first kappa shape index (κ1) is 15.0. The maximum absolute atomic E-state index is 12.7. The molecule has 20 heavy (non-hydrogen) atoms. The van der Waals surface area contributed by atoms with Crippen LogP contribution in [0.4, 0.5) is 0 Å². The van der Waals surface area contributed by atoms with Crippen LogP contribution >= 0.6 is 11.3 Å². The van der Waals surface area contributed by atoms with Crippen LogP contribution in [-0.4, -0.2) is 4.57 Å². The third kappa shape index (κ3) is 3.02. The van der Waals surface area contributed by atoms with Gasteiger partial charge in [0.1, 0.15) is 0 Å². The summed E-state index contributed by atoms with van der Waals surface area (Å²) in [6.07, 6.45) is 2.05. The Balaban J connectivity index is 2.59. The van der Waals surface area contributed by atoms with Crippen LogP contribution in [0.2, 0.25) is 0 Å². The van der Waals surface area contributed by atoms with Crippen molar-refractivity contribution < 1.29 is 0 Å². The lowest BCUT2D eigenvalue weighted by Gasteiger charge is -2.21. The highest BCUT2D eigenvalue weighted by atomic mass is 32.1. The molecule has 0 saturated heterocycles. The molecular formula is C16H22N2OS. The third-order valence-corrected chi connectivity index (χ3v) is 4.27. The Morgan fingerprint density at radius 1 is 1.30 bits per heavy atom. The van der Waals surface area contributed by atoms with Crippen molar-refractivity contribution >= 4 is 11.3 Å². The lowest BCUT2D eigenvalue weighted by atomic mass is 9.96. The molecule has 0 saturated carbocycles. The van der Waals surface area contributed by atoms with E-state index in [-0.39, 0.29) is 5.56 Å². The van der Waals surface area contributed by atoms with E-state index in [4.69, 9.17) is 5.73 Å². The molecule has 0 bridgehead atoms. The number of hydrogen-bond donors (Lipinski definition) is 1. The first-order valence-electron chi connectivity index (χ1n) is 7.02. The van der Waals surface area contributed by atoms with Crippen molar-refractivity contribution in [2.24, 2.45) is 5.73 Å². The van der Waals surface area contributed by atoms with Crippen molar-refractivity contribution in [3.05, 3.63) is 45.6 Å². The first-order chi connectivity index (χ1) is 9.45. The van der Waals surface area contributed by atoms with Gasteiger partial charge in [0.2, 0.25) is 0 Å². The van der Waals surface area contributed by atoms with Crippen LogP contribution in [0.15, 0.2) is 34.4 Å². The van der Waals surface area contributed by atoms with Gasteiger partial charge in [-0.05, 0) is 43.8 Å². The summed E-state index contributed by atoms with van der Waals surface area (Å²) in [5.74, 6) is 0. The summed E-state index contributed by atoms with van der Waals surface area (Å²) in [5, 5.41) is 2.03. The zero-order valence-corrected chi connectivity index (χ0v) is 13.2. The van der Waals surface area contributed by atoms with E-state index in [9.17, 15) is 4.79 Å². The Morgan fingerprint density at radius 3 is 2.60 bits per heavy atom. The molecular weight excluding hydrogens is 268 g/mol. The molecule has 0 radical (unpaired) electrons. The lowest BCUT2D eigenvalue weighted by Crippen LogP contribution is -2.38. The van der Waals surface area contributed by atoms with E-state index in [1.165, 1.54) is 0 Å². The van der Waals surface area contributed by atoms with E-state index in [0.717, 1.165) is 30.0 Å². The van der Waals surface area contributed by atoms with Crippen LogP contribution in [0, 0.1) is 0 Å². The number of hydrogen-bond acceptors (Lipinski definition) is 3. The summed E-state index contributed by atoms with van der Waals surface area (Å²) in [6.45, 7) is 6.62. The van der Waals surface area contributed by atoms with Gasteiger partial charge in [-0.25, -0.2) is 0 Å². The van der Waals surface area contributed by atoms with Crippen molar-refractivity contribution in [3.63, 3.8) is 0 Å². The molecule has 3 nitrogen and oxygen atoms in total. The van der Waals surface area contributed by atoms with Crippen molar-refractivity contribution in [3.8, 4) is 10.6 Å². The Hall–Kier alpha value is -1.39. The van der Waals surface area contributed by atoms with Gasteiger partial charge in [-0.3, -0.25) is 4.79 Å². The van der Waals surface area contributed by atoms with Crippen LogP contribution in [0.1, 0.15) is 39.2 Å². The van der Waals surface area contributed by atoms with Crippen LogP contribution in [0.25, 0.3) is 10.6 Å². The minimum atomic E-state index is -0.612. The predicted molar refractivity (Wildman–Crippen MR) is 86.1 cm³/mol. The molecule has 0 spiro atoms. The average molecular weight is 290 g/mol. The summed E-state index contributed by atoms with van der Waals surface area (Å²) in [4.78, 5) is 13.8. The van der Waals surface area contributed by atoms with Gasteiger partial charge >= 0.3 is 0 Å². The second-order valence-electron chi connectivity index (χ2n) is 5.64. The summed E-state index contributed by atoms with van der Waals surface area (Å²) >= 11 is 1.65. The summed E-state index contributed by atoms with van der Waals surface area (Å²) in [6, 6.07) is 7.96. The van der Waals surface area contributed by atoms with Gasteiger partial charge in [0.15, 0.2) is 0 Å². The largest absolute Gasteiger partial charge is 0.322 e. The van der Waals surface area contributed by atoms with E-state index in [2.05, 4.69) is 13.0 Å². The topological polar surface area (TPSA) is 48.0 Å². The van der Waals surface area contributed by atoms with E-state index in [0.29, 0.717) is 5.56 Å². The number of rotatable bonds is 5. The molecule has 0 amide bonds. The molecule has 0 aliphatic rings. The molecule has 0 unspecified atom stereocenters. The lowest BCUT2D eigenvalue weighted by molar-refractivity contribution is 0.528. The van der Waals surface area contributed by atoms with E-state index in [1.54, 1.807) is 11.3 Å². The van der Waals surface area contributed by atoms with E-state index >= 15 is 0 Å². The minimum Gasteiger partial charge on any atom is -0.322 e. The maximum atomic E-state index is 12.7. The number of nitrogens with two attached hydrogens (primary N) is 1. The summed E-state index contributed by atoms with van der Waals surface area (Å²) in [5.41, 5.74) is 7.21. The van der Waals surface area contributed by atoms with Crippen molar-refractivity contribution in [1.82, 2.24) is 4.57 Å². The van der Waals surface area contributed by atoms with Gasteiger partial charge in [-0.2, -0.15) is 0 Å². The van der Waals surface area contributed by atoms with Gasteiger partial charge in [-0.15, -0.1) is 11.3 Å². The standard InChI is InChI=1S/C16H22N2OS/c1-4-5-10-18-13(14-7-6-11-20-14)9-8-12(15(18)19)16(2,3)17/h6-9,11H,4-5,10,17H2,1-3H3. The number of thiophene rings is 1. The monoisotopic (exact) mass is 290 g/mol. The number of aromatic nitrogens is 1. The second-order valence-corrected chi connectivity index (χ2v) is 6.59. The molecule has 0 fully saturated rings. The van der Waals surface area contributed by atoms with Gasteiger partial charge < -0.3 is 10.3 Å². The molecule has 0 atom stereocenters. The van der Waals surface area contributed by atoms with Gasteiger partial charge in [0.25, 0.3) is 5.56 Å². The van der Waals surface area contributed by atoms with Gasteiger partial charge in [0.05, 0.1) is 10.6 Å². The average Bonchev–Trinajstić information content (AvgIpc) is 2.89. The molecule has 2 N–H and O–H groups in total. The SMILES string of the molecule is CCCCn1c(-c2cccs2)ccc(C(C)(C)N)c1=O. The zero-order chi connectivity index (χ0) is 14.8. The van der Waals surface area contributed by atoms with Crippen LogP contribution in [0.3, 0.4) is 0 Å². The first-order valence-corrected chi connectivity index (χ1v) is 7.90. The molecule has 2 heterocycles. The fraction of sp³-hybridized carbons (Fsp3) is 0.438. The Morgan fingerprint density at radius 2 is 2.05 bits per heavy atom. The molecule has 4 heteroatoms. The molecule has 2 aromatic rings. The van der Waals surface area contributed by atoms with Crippen LogP contribution in [0.5, 0.6) is 0 Å². The molecule has 0 aromatic carbocycles. The zero-order valence-electron chi connectivity index (χ0n) is 12.3. The molecule has 0 aliphatic heterocycles. The smallest absolute Gasteiger partial charge is 0.256 e. The summed E-state index contributed by atoms with van der Waals surface area (Å²) in [7, 11) is 0. The van der Waals surface area contributed by atoms with Crippen molar-refractivity contribution in [1.29, 1.82) is 0 Å². The number of pyridine rings is 1. The predicted octanol–water partition coefficient (Wildman–Crippen LogP) is 3.57. The normalized spacial score (nSPS) is 11.8. The van der Waals surface area contributed by atoms with Crippen LogP contribution in [-0.2, 0) is 12.1 Å². The second kappa shape index (κ2) is 5.94. The van der Waals surface area contributed by atoms with Crippen molar-refractivity contribution in [2.75, 3.05) is 0 Å². The van der Waals surface area contributed by atoms with Gasteiger partial charge in [-0.1, -0.05) is 19.4 Å². The summed E-state index contributed by atoms with van der Waals surface area (Å²) < 4.78 is 1.87. The Kier molecular flexibility index (Phi) is 4.45. The number of nitrogens with zero attached hydrogens (tertiary/aromatic N) is 1. The fourth-order valence-corrected chi connectivity index (χ4v) is 3.01. The minimum absolute atomic E-state index is 0.0388. The maximum Gasteiger partial charge on any atom is 0.256 e. The highest BCUT2D eigenvalue weighted by Crippen LogP contribution is 2.25. The number of unbranched alkanes of at least 4 members (excludes halogenated alkanes) is 1. The highest BCUT2D eigenvalue weighted by molar-refractivity contribution is 7.13. The van der Waals surface area contributed by atoms with E-state index in [1.807, 2.05) is 42.0 Å². The Labute approximate surface area is 124 Å². The highest BCUT2D eigenvalue weighted by Gasteiger charge is 2.21. The van der Waals surface area contributed by atoms with Crippen molar-refractivity contribution in [2.45, 2.75) is 45.7 Å². The molecule has 108 valence electrons. The van der Waals surface area contributed by atoms with Gasteiger partial charge in [0, 0.05) is 17.6 Å². The quantitative estimate of drug-likeness (QED) is 0.915. The third-order valence-electron chi connectivity index (χ3n) is 3.38. The molecule has 2 rings (SSSR count). The fourth-order valence-electron chi connectivity index (χ4n) is 2.25. The Bertz CT molecular complexity index is 621. The van der Waals surface area contributed by atoms with Crippen LogP contribution < -0.4 is 11.3 Å². The molecule has 2 aromatic heterocycles. The van der Waals surface area contributed by atoms with E-state index < -0.39 is 5.54 Å².